The molecule has 2 N–H and O–H groups in total. The van der Waals surface area contributed by atoms with Gasteiger partial charge in [-0.25, -0.2) is 13.1 Å². The Morgan fingerprint density at radius 1 is 0.968 bits per heavy atom. The summed E-state index contributed by atoms with van der Waals surface area (Å²) in [6, 6.07) is 18.7. The molecule has 0 bridgehead atoms. The Bertz CT molecular complexity index is 954. The van der Waals surface area contributed by atoms with E-state index < -0.39 is 10.0 Å². The van der Waals surface area contributed by atoms with Crippen LogP contribution in [0.4, 0.5) is 0 Å². The van der Waals surface area contributed by atoms with Gasteiger partial charge in [0.25, 0.3) is 0 Å². The molecular formula is C23H31N5O2S. The second kappa shape index (κ2) is 11.6. The summed E-state index contributed by atoms with van der Waals surface area (Å²) in [7, 11) is -1.73. The number of piperazine rings is 1. The Labute approximate surface area is 185 Å². The van der Waals surface area contributed by atoms with Gasteiger partial charge in [-0.1, -0.05) is 60.7 Å². The van der Waals surface area contributed by atoms with Crippen LogP contribution in [-0.2, 0) is 10.0 Å². The Hall–Kier alpha value is -2.68. The molecule has 2 aromatic rings. The summed E-state index contributed by atoms with van der Waals surface area (Å²) in [5.74, 6) is 0.804. The first-order valence-electron chi connectivity index (χ1n) is 10.5. The van der Waals surface area contributed by atoms with E-state index in [1.807, 2.05) is 18.2 Å². The monoisotopic (exact) mass is 441 g/mol. The number of nitrogens with one attached hydrogen (secondary N) is 2. The van der Waals surface area contributed by atoms with E-state index in [-0.39, 0.29) is 4.90 Å². The highest BCUT2D eigenvalue weighted by Gasteiger charge is 2.19. The molecule has 0 saturated carbocycles. The maximum Gasteiger partial charge on any atom is 0.240 e. The van der Waals surface area contributed by atoms with Crippen molar-refractivity contribution in [2.75, 3.05) is 52.9 Å². The predicted octanol–water partition coefficient (Wildman–Crippen LogP) is 1.87. The van der Waals surface area contributed by atoms with Gasteiger partial charge in [-0.05, 0) is 17.7 Å². The molecule has 0 unspecified atom stereocenters. The molecule has 0 aromatic heterocycles. The van der Waals surface area contributed by atoms with E-state index in [1.165, 1.54) is 5.56 Å². The molecule has 2 aromatic carbocycles. The largest absolute Gasteiger partial charge is 0.355 e. The highest BCUT2D eigenvalue weighted by molar-refractivity contribution is 7.89. The first-order chi connectivity index (χ1) is 15.1. The predicted molar refractivity (Wildman–Crippen MR) is 126 cm³/mol. The van der Waals surface area contributed by atoms with Crippen LogP contribution in [0.2, 0.25) is 0 Å². The summed E-state index contributed by atoms with van der Waals surface area (Å²) in [5, 5.41) is 3.26. The molecule has 1 aliphatic heterocycles. The van der Waals surface area contributed by atoms with Gasteiger partial charge in [-0.3, -0.25) is 9.89 Å². The fourth-order valence-corrected chi connectivity index (χ4v) is 4.47. The number of guanidine groups is 1. The van der Waals surface area contributed by atoms with Crippen molar-refractivity contribution in [1.82, 2.24) is 19.8 Å². The Kier molecular flexibility index (Phi) is 8.63. The van der Waals surface area contributed by atoms with Crippen molar-refractivity contribution in [3.05, 3.63) is 72.3 Å². The van der Waals surface area contributed by atoms with Gasteiger partial charge in [-0.15, -0.1) is 0 Å². The van der Waals surface area contributed by atoms with Gasteiger partial charge in [0.2, 0.25) is 10.0 Å². The number of sulfonamides is 1. The third-order valence-corrected chi connectivity index (χ3v) is 6.59. The van der Waals surface area contributed by atoms with Gasteiger partial charge in [0.15, 0.2) is 5.96 Å². The van der Waals surface area contributed by atoms with Crippen LogP contribution in [0.1, 0.15) is 5.56 Å². The lowest BCUT2D eigenvalue weighted by Gasteiger charge is -2.36. The smallest absolute Gasteiger partial charge is 0.240 e. The van der Waals surface area contributed by atoms with Crippen molar-refractivity contribution in [2.24, 2.45) is 4.99 Å². The fourth-order valence-electron chi connectivity index (χ4n) is 3.42. The van der Waals surface area contributed by atoms with E-state index >= 15 is 0 Å². The number of nitrogens with zero attached hydrogens (tertiary/aromatic N) is 3. The van der Waals surface area contributed by atoms with E-state index in [4.69, 9.17) is 0 Å². The van der Waals surface area contributed by atoms with Gasteiger partial charge < -0.3 is 10.2 Å². The molecule has 0 aliphatic carbocycles. The van der Waals surface area contributed by atoms with E-state index in [2.05, 4.69) is 49.1 Å². The van der Waals surface area contributed by atoms with Gasteiger partial charge in [0.1, 0.15) is 0 Å². The first-order valence-corrected chi connectivity index (χ1v) is 12.0. The standard InChI is InChI=1S/C23H31N5O2S/c1-24-23(25-14-15-26-31(29,30)22-12-6-3-7-13-22)28-19-17-27(18-20-28)16-8-11-21-9-4-2-5-10-21/h2-13,26H,14-20H2,1H3,(H,24,25)/b11-8+. The van der Waals surface area contributed by atoms with Crippen LogP contribution >= 0.6 is 0 Å². The molecule has 0 atom stereocenters. The molecule has 31 heavy (non-hydrogen) atoms. The average molecular weight is 442 g/mol. The van der Waals surface area contributed by atoms with Crippen molar-refractivity contribution in [3.8, 4) is 0 Å². The van der Waals surface area contributed by atoms with Gasteiger partial charge in [-0.2, -0.15) is 0 Å². The highest BCUT2D eigenvalue weighted by atomic mass is 32.2. The molecule has 0 amide bonds. The normalized spacial score (nSPS) is 16.0. The van der Waals surface area contributed by atoms with Crippen LogP contribution in [-0.4, -0.2) is 77.0 Å². The van der Waals surface area contributed by atoms with Crippen molar-refractivity contribution >= 4 is 22.1 Å². The molecule has 7 nitrogen and oxygen atoms in total. The van der Waals surface area contributed by atoms with Gasteiger partial charge in [0, 0.05) is 52.9 Å². The maximum atomic E-state index is 12.3. The minimum atomic E-state index is -3.48. The number of hydrogen-bond acceptors (Lipinski definition) is 4. The van der Waals surface area contributed by atoms with Crippen molar-refractivity contribution in [1.29, 1.82) is 0 Å². The summed E-state index contributed by atoms with van der Waals surface area (Å²) >= 11 is 0. The second-order valence-corrected chi connectivity index (χ2v) is 9.05. The van der Waals surface area contributed by atoms with Crippen LogP contribution in [0, 0.1) is 0 Å². The molecule has 0 spiro atoms. The van der Waals surface area contributed by atoms with Crippen molar-refractivity contribution in [3.63, 3.8) is 0 Å². The molecular weight excluding hydrogens is 410 g/mol. The number of aliphatic imine (C=N–C) groups is 1. The topological polar surface area (TPSA) is 77.0 Å². The molecule has 3 rings (SSSR count). The Balaban J connectivity index is 1.38. The summed E-state index contributed by atoms with van der Waals surface area (Å²) in [5.41, 5.74) is 1.22. The molecule has 1 aliphatic rings. The highest BCUT2D eigenvalue weighted by Crippen LogP contribution is 2.07. The molecule has 166 valence electrons. The van der Waals surface area contributed by atoms with E-state index in [0.717, 1.165) is 38.7 Å². The SMILES string of the molecule is CN=C(NCCNS(=O)(=O)c1ccccc1)N1CCN(C/C=C/c2ccccc2)CC1. The maximum absolute atomic E-state index is 12.3. The number of hydrogen-bond donors (Lipinski definition) is 2. The Morgan fingerprint density at radius 2 is 1.61 bits per heavy atom. The fraction of sp³-hybridized carbons (Fsp3) is 0.348. The zero-order valence-corrected chi connectivity index (χ0v) is 18.8. The Morgan fingerprint density at radius 3 is 2.26 bits per heavy atom. The van der Waals surface area contributed by atoms with Crippen LogP contribution in [0.25, 0.3) is 6.08 Å². The molecule has 1 heterocycles. The van der Waals surface area contributed by atoms with E-state index in [9.17, 15) is 8.42 Å². The minimum Gasteiger partial charge on any atom is -0.355 e. The quantitative estimate of drug-likeness (QED) is 0.372. The van der Waals surface area contributed by atoms with Crippen molar-refractivity contribution < 1.29 is 8.42 Å². The summed E-state index contributed by atoms with van der Waals surface area (Å²) in [4.78, 5) is 9.25. The lowest BCUT2D eigenvalue weighted by atomic mass is 10.2. The second-order valence-electron chi connectivity index (χ2n) is 7.29. The molecule has 1 saturated heterocycles. The molecule has 1 fully saturated rings. The molecule has 8 heteroatoms. The minimum absolute atomic E-state index is 0.275. The summed E-state index contributed by atoms with van der Waals surface area (Å²) in [6.07, 6.45) is 4.36. The average Bonchev–Trinajstić information content (AvgIpc) is 2.81. The summed E-state index contributed by atoms with van der Waals surface area (Å²) in [6.45, 7) is 5.37. The van der Waals surface area contributed by atoms with Gasteiger partial charge in [0.05, 0.1) is 4.90 Å². The van der Waals surface area contributed by atoms with Crippen LogP contribution in [0.15, 0.2) is 76.6 Å². The van der Waals surface area contributed by atoms with E-state index in [0.29, 0.717) is 13.1 Å². The lowest BCUT2D eigenvalue weighted by molar-refractivity contribution is 0.194. The molecule has 0 radical (unpaired) electrons. The summed E-state index contributed by atoms with van der Waals surface area (Å²) < 4.78 is 27.2. The van der Waals surface area contributed by atoms with Crippen LogP contribution < -0.4 is 10.0 Å². The third-order valence-electron chi connectivity index (χ3n) is 5.11. The number of benzene rings is 2. The first kappa shape index (κ1) is 23.0. The van der Waals surface area contributed by atoms with Crippen molar-refractivity contribution in [2.45, 2.75) is 4.90 Å². The zero-order chi connectivity index (χ0) is 21.9. The van der Waals surface area contributed by atoms with Crippen LogP contribution in [0.5, 0.6) is 0 Å². The van der Waals surface area contributed by atoms with Gasteiger partial charge >= 0.3 is 0 Å². The third kappa shape index (κ3) is 7.20. The van der Waals surface area contributed by atoms with E-state index in [1.54, 1.807) is 37.4 Å². The number of rotatable bonds is 8. The zero-order valence-electron chi connectivity index (χ0n) is 17.9. The van der Waals surface area contributed by atoms with Crippen LogP contribution in [0.3, 0.4) is 0 Å². The lowest BCUT2D eigenvalue weighted by Crippen LogP contribution is -2.53.